The number of halogens is 2. The zero-order valence-electron chi connectivity index (χ0n) is 12.7. The average molecular weight is 367 g/mol. The van der Waals surface area contributed by atoms with Crippen molar-refractivity contribution in [2.24, 2.45) is 0 Å². The van der Waals surface area contributed by atoms with E-state index >= 15 is 0 Å². The predicted molar refractivity (Wildman–Crippen MR) is 95.2 cm³/mol. The van der Waals surface area contributed by atoms with Gasteiger partial charge in [-0.15, -0.1) is 0 Å². The largest absolute Gasteiger partial charge is 0.306 e. The summed E-state index contributed by atoms with van der Waals surface area (Å²) in [6.07, 6.45) is 1.09. The summed E-state index contributed by atoms with van der Waals surface area (Å²) >= 11 is 9.98. The molecule has 21 heavy (non-hydrogen) atoms. The van der Waals surface area contributed by atoms with Gasteiger partial charge < -0.3 is 5.32 Å². The van der Waals surface area contributed by atoms with Crippen LogP contribution >= 0.6 is 27.5 Å². The first-order valence-corrected chi connectivity index (χ1v) is 8.45. The van der Waals surface area contributed by atoms with Gasteiger partial charge in [0.25, 0.3) is 0 Å². The molecule has 0 fully saturated rings. The highest BCUT2D eigenvalue weighted by Crippen LogP contribution is 2.31. The van der Waals surface area contributed by atoms with Gasteiger partial charge in [0.15, 0.2) is 0 Å². The van der Waals surface area contributed by atoms with Crippen LogP contribution in [0.15, 0.2) is 40.9 Å². The van der Waals surface area contributed by atoms with Gasteiger partial charge in [0.2, 0.25) is 0 Å². The molecule has 0 aliphatic heterocycles. The fraction of sp³-hybridized carbons (Fsp3) is 0.333. The highest BCUT2D eigenvalue weighted by Gasteiger charge is 2.17. The molecule has 0 aromatic heterocycles. The van der Waals surface area contributed by atoms with Crippen molar-refractivity contribution in [1.29, 1.82) is 0 Å². The van der Waals surface area contributed by atoms with Gasteiger partial charge in [-0.2, -0.15) is 0 Å². The van der Waals surface area contributed by atoms with E-state index in [0.717, 1.165) is 28.0 Å². The zero-order valence-corrected chi connectivity index (χ0v) is 15.1. The molecular weight excluding hydrogens is 346 g/mol. The molecule has 1 unspecified atom stereocenters. The fourth-order valence-corrected chi connectivity index (χ4v) is 2.98. The smallest absolute Gasteiger partial charge is 0.0591 e. The summed E-state index contributed by atoms with van der Waals surface area (Å²) in [6.45, 7) is 7.42. The highest BCUT2D eigenvalue weighted by molar-refractivity contribution is 9.10. The van der Waals surface area contributed by atoms with Gasteiger partial charge in [-0.3, -0.25) is 0 Å². The van der Waals surface area contributed by atoms with Crippen LogP contribution in [0.25, 0.3) is 0 Å². The second-order valence-corrected chi connectivity index (χ2v) is 6.72. The minimum atomic E-state index is 0.120. The molecule has 0 bridgehead atoms. The van der Waals surface area contributed by atoms with Crippen LogP contribution in [0.1, 0.15) is 41.6 Å². The average Bonchev–Trinajstić information content (AvgIpc) is 2.46. The molecule has 1 nitrogen and oxygen atoms in total. The molecule has 1 N–H and O–H groups in total. The monoisotopic (exact) mass is 365 g/mol. The Morgan fingerprint density at radius 2 is 1.86 bits per heavy atom. The molecule has 2 aromatic rings. The van der Waals surface area contributed by atoms with E-state index in [1.807, 2.05) is 12.1 Å². The molecule has 0 heterocycles. The van der Waals surface area contributed by atoms with Crippen LogP contribution in [0.5, 0.6) is 0 Å². The van der Waals surface area contributed by atoms with Crippen LogP contribution in [0, 0.1) is 13.8 Å². The molecule has 2 rings (SSSR count). The molecular formula is C18H21BrClN. The Labute approximate surface area is 140 Å². The van der Waals surface area contributed by atoms with E-state index in [0.29, 0.717) is 0 Å². The van der Waals surface area contributed by atoms with Crippen LogP contribution in [-0.2, 0) is 0 Å². The van der Waals surface area contributed by atoms with Crippen molar-refractivity contribution in [2.45, 2.75) is 33.2 Å². The molecule has 0 aliphatic carbocycles. The van der Waals surface area contributed by atoms with E-state index in [4.69, 9.17) is 11.6 Å². The lowest BCUT2D eigenvalue weighted by molar-refractivity contribution is 0.598. The van der Waals surface area contributed by atoms with Crippen molar-refractivity contribution < 1.29 is 0 Å². The summed E-state index contributed by atoms with van der Waals surface area (Å²) in [5.41, 5.74) is 4.99. The molecule has 0 spiro atoms. The summed E-state index contributed by atoms with van der Waals surface area (Å²) < 4.78 is 1.05. The second-order valence-electron chi connectivity index (χ2n) is 5.40. The topological polar surface area (TPSA) is 12.0 Å². The summed E-state index contributed by atoms with van der Waals surface area (Å²) in [5, 5.41) is 4.41. The first kappa shape index (κ1) is 16.5. The van der Waals surface area contributed by atoms with E-state index in [1.165, 1.54) is 16.7 Å². The van der Waals surface area contributed by atoms with Crippen molar-refractivity contribution in [2.75, 3.05) is 6.54 Å². The maximum absolute atomic E-state index is 6.43. The van der Waals surface area contributed by atoms with Crippen LogP contribution in [-0.4, -0.2) is 6.54 Å². The Bertz CT molecular complexity index is 625. The van der Waals surface area contributed by atoms with Crippen LogP contribution in [0.2, 0.25) is 5.02 Å². The summed E-state index contributed by atoms with van der Waals surface area (Å²) in [6, 6.07) is 12.8. The molecule has 0 radical (unpaired) electrons. The molecule has 112 valence electrons. The third kappa shape index (κ3) is 4.09. The van der Waals surface area contributed by atoms with E-state index in [2.05, 4.69) is 66.3 Å². The first-order valence-electron chi connectivity index (χ1n) is 7.28. The van der Waals surface area contributed by atoms with E-state index in [1.54, 1.807) is 0 Å². The SMILES string of the molecule is CCCNC(c1ccc(C)c(C)c1)c1cc(Br)ccc1Cl. The van der Waals surface area contributed by atoms with Gasteiger partial charge in [0.1, 0.15) is 0 Å². The number of aryl methyl sites for hydroxylation is 2. The molecule has 2 aromatic carbocycles. The van der Waals surface area contributed by atoms with Crippen LogP contribution in [0.4, 0.5) is 0 Å². The van der Waals surface area contributed by atoms with Crippen molar-refractivity contribution in [1.82, 2.24) is 5.32 Å². The van der Waals surface area contributed by atoms with E-state index in [9.17, 15) is 0 Å². The summed E-state index contributed by atoms with van der Waals surface area (Å²) in [5.74, 6) is 0. The number of rotatable bonds is 5. The Balaban J connectivity index is 2.46. The maximum Gasteiger partial charge on any atom is 0.0591 e. The third-order valence-corrected chi connectivity index (χ3v) is 4.57. The van der Waals surface area contributed by atoms with Crippen molar-refractivity contribution in [3.05, 3.63) is 68.1 Å². The second kappa shape index (κ2) is 7.44. The first-order chi connectivity index (χ1) is 10.0. The predicted octanol–water partition coefficient (Wildman–Crippen LogP) is 5.81. The molecule has 1 atom stereocenters. The van der Waals surface area contributed by atoms with Gasteiger partial charge >= 0.3 is 0 Å². The third-order valence-electron chi connectivity index (χ3n) is 3.73. The lowest BCUT2D eigenvalue weighted by atomic mass is 9.95. The highest BCUT2D eigenvalue weighted by atomic mass is 79.9. The molecule has 0 amide bonds. The van der Waals surface area contributed by atoms with Crippen molar-refractivity contribution >= 4 is 27.5 Å². The maximum atomic E-state index is 6.43. The summed E-state index contributed by atoms with van der Waals surface area (Å²) in [4.78, 5) is 0. The zero-order chi connectivity index (χ0) is 15.4. The number of benzene rings is 2. The minimum absolute atomic E-state index is 0.120. The van der Waals surface area contributed by atoms with Gasteiger partial charge in [0, 0.05) is 9.50 Å². The van der Waals surface area contributed by atoms with Gasteiger partial charge in [-0.1, -0.05) is 52.7 Å². The summed E-state index contributed by atoms with van der Waals surface area (Å²) in [7, 11) is 0. The standard InChI is InChI=1S/C18H21BrClN/c1-4-9-21-18(14-6-5-12(2)13(3)10-14)16-11-15(19)7-8-17(16)20/h5-8,10-11,18,21H,4,9H2,1-3H3. The quantitative estimate of drug-likeness (QED) is 0.704. The number of hydrogen-bond donors (Lipinski definition) is 1. The normalized spacial score (nSPS) is 12.4. The Kier molecular flexibility index (Phi) is 5.86. The fourth-order valence-electron chi connectivity index (χ4n) is 2.38. The van der Waals surface area contributed by atoms with E-state index < -0.39 is 0 Å². The molecule has 0 saturated heterocycles. The Morgan fingerprint density at radius 1 is 1.10 bits per heavy atom. The Morgan fingerprint density at radius 3 is 2.52 bits per heavy atom. The van der Waals surface area contributed by atoms with Crippen LogP contribution in [0.3, 0.4) is 0 Å². The van der Waals surface area contributed by atoms with Gasteiger partial charge in [0.05, 0.1) is 6.04 Å². The van der Waals surface area contributed by atoms with Crippen LogP contribution < -0.4 is 5.32 Å². The molecule has 0 aliphatic rings. The van der Waals surface area contributed by atoms with Gasteiger partial charge in [-0.25, -0.2) is 0 Å². The van der Waals surface area contributed by atoms with Crippen molar-refractivity contribution in [3.63, 3.8) is 0 Å². The molecule has 0 saturated carbocycles. The van der Waals surface area contributed by atoms with Gasteiger partial charge in [-0.05, 0) is 67.3 Å². The number of hydrogen-bond acceptors (Lipinski definition) is 1. The minimum Gasteiger partial charge on any atom is -0.306 e. The van der Waals surface area contributed by atoms with E-state index in [-0.39, 0.29) is 6.04 Å². The van der Waals surface area contributed by atoms with Crippen molar-refractivity contribution in [3.8, 4) is 0 Å². The lowest BCUT2D eigenvalue weighted by Crippen LogP contribution is -2.23. The Hall–Kier alpha value is -0.830. The molecule has 3 heteroatoms. The lowest BCUT2D eigenvalue weighted by Gasteiger charge is -2.22. The number of nitrogens with one attached hydrogen (secondary N) is 1.